The minimum atomic E-state index is -0.220. The van der Waals surface area contributed by atoms with E-state index in [0.29, 0.717) is 0 Å². The van der Waals surface area contributed by atoms with Crippen LogP contribution < -0.4 is 4.90 Å². The first-order valence-electron chi connectivity index (χ1n) is 22.8. The highest BCUT2D eigenvalue weighted by molar-refractivity contribution is 5.97. The lowest BCUT2D eigenvalue weighted by Gasteiger charge is -2.28. The van der Waals surface area contributed by atoms with Gasteiger partial charge in [0.1, 0.15) is 0 Å². The topological polar surface area (TPSA) is 3.24 Å². The molecule has 9 aromatic rings. The molecule has 0 unspecified atom stereocenters. The van der Waals surface area contributed by atoms with E-state index in [1.807, 2.05) is 0 Å². The Morgan fingerprint density at radius 3 is 1.30 bits per heavy atom. The number of nitrogens with zero attached hydrogens (tertiary/aromatic N) is 1. The molecule has 0 aromatic heterocycles. The fourth-order valence-corrected chi connectivity index (χ4v) is 11.6. The van der Waals surface area contributed by atoms with Gasteiger partial charge in [0, 0.05) is 33.3 Å². The van der Waals surface area contributed by atoms with Crippen molar-refractivity contribution in [3.05, 3.63) is 234 Å². The van der Waals surface area contributed by atoms with Crippen molar-refractivity contribution < 1.29 is 0 Å². The Balaban J connectivity index is 0.946. The Morgan fingerprint density at radius 2 is 0.656 bits per heavy atom. The zero-order valence-corrected chi connectivity index (χ0v) is 37.5. The molecule has 0 heterocycles. The zero-order valence-electron chi connectivity index (χ0n) is 37.5. The van der Waals surface area contributed by atoms with Crippen LogP contribution in [0.1, 0.15) is 74.9 Å². The van der Waals surface area contributed by atoms with Crippen molar-refractivity contribution in [1.29, 1.82) is 0 Å². The van der Waals surface area contributed by atoms with E-state index >= 15 is 0 Å². The minimum Gasteiger partial charge on any atom is -0.310 e. The summed E-state index contributed by atoms with van der Waals surface area (Å²) in [7, 11) is 0. The maximum Gasteiger partial charge on any atom is 0.0465 e. The molecular formula is C63H51N. The summed E-state index contributed by atoms with van der Waals surface area (Å²) in [5, 5.41) is 0. The highest BCUT2D eigenvalue weighted by Gasteiger charge is 2.43. The first kappa shape index (κ1) is 38.5. The van der Waals surface area contributed by atoms with Crippen LogP contribution in [0.2, 0.25) is 0 Å². The molecule has 3 aliphatic carbocycles. The number of hydrogen-bond donors (Lipinski definition) is 0. The van der Waals surface area contributed by atoms with Crippen molar-refractivity contribution in [2.45, 2.75) is 57.8 Å². The standard InChI is InChI=1S/C63H51N/c1-61(2)54-22-14-13-20-49(54)52-38-59-53(39-58(52)61)60-48(21-15-23-55(60)62(59,3)4)44-28-34-50-51-35-33-47(37-57(51)63(5,6)56(50)36-44)64(45-29-24-42(25-30-45)40-16-9-7-10-17-40)46-31-26-43(27-32-46)41-18-11-8-12-19-41/h7-39H,1-6H3. The van der Waals surface area contributed by atoms with Gasteiger partial charge in [-0.1, -0.05) is 187 Å². The molecule has 0 saturated carbocycles. The van der Waals surface area contributed by atoms with Crippen LogP contribution >= 0.6 is 0 Å². The second-order valence-corrected chi connectivity index (χ2v) is 19.7. The summed E-state index contributed by atoms with van der Waals surface area (Å²) in [6, 6.07) is 74.8. The smallest absolute Gasteiger partial charge is 0.0465 e. The number of anilines is 3. The molecular weight excluding hydrogens is 771 g/mol. The molecule has 0 bridgehead atoms. The summed E-state index contributed by atoms with van der Waals surface area (Å²) >= 11 is 0. The maximum atomic E-state index is 2.55. The van der Waals surface area contributed by atoms with Gasteiger partial charge in [0.25, 0.3) is 0 Å². The van der Waals surface area contributed by atoms with Gasteiger partial charge in [-0.25, -0.2) is 0 Å². The molecule has 3 aliphatic rings. The molecule has 0 atom stereocenters. The van der Waals surface area contributed by atoms with Crippen LogP contribution in [-0.4, -0.2) is 0 Å². The van der Waals surface area contributed by atoms with Crippen molar-refractivity contribution in [1.82, 2.24) is 0 Å². The van der Waals surface area contributed by atoms with E-state index in [4.69, 9.17) is 0 Å². The number of benzene rings is 9. The largest absolute Gasteiger partial charge is 0.310 e. The summed E-state index contributed by atoms with van der Waals surface area (Å²) < 4.78 is 0. The third-order valence-electron chi connectivity index (χ3n) is 15.1. The molecule has 64 heavy (non-hydrogen) atoms. The van der Waals surface area contributed by atoms with E-state index in [1.165, 1.54) is 100 Å². The lowest BCUT2D eigenvalue weighted by Crippen LogP contribution is -2.17. The van der Waals surface area contributed by atoms with Gasteiger partial charge in [-0.05, 0) is 155 Å². The van der Waals surface area contributed by atoms with E-state index in [9.17, 15) is 0 Å². The Morgan fingerprint density at radius 1 is 0.250 bits per heavy atom. The molecule has 0 fully saturated rings. The van der Waals surface area contributed by atoms with E-state index in [0.717, 1.165) is 17.1 Å². The van der Waals surface area contributed by atoms with Crippen LogP contribution in [0.4, 0.5) is 17.1 Å². The van der Waals surface area contributed by atoms with E-state index in [1.54, 1.807) is 0 Å². The molecule has 0 spiro atoms. The van der Waals surface area contributed by atoms with Crippen molar-refractivity contribution in [2.75, 3.05) is 4.90 Å². The highest BCUT2D eigenvalue weighted by Crippen LogP contribution is 2.58. The molecule has 1 heteroatoms. The first-order valence-corrected chi connectivity index (χ1v) is 22.8. The van der Waals surface area contributed by atoms with Gasteiger partial charge >= 0.3 is 0 Å². The minimum absolute atomic E-state index is 0.0577. The lowest BCUT2D eigenvalue weighted by molar-refractivity contribution is 0.652. The third kappa shape index (κ3) is 5.63. The molecule has 0 saturated heterocycles. The first-order chi connectivity index (χ1) is 31.0. The number of hydrogen-bond acceptors (Lipinski definition) is 1. The second-order valence-electron chi connectivity index (χ2n) is 19.7. The fraction of sp³-hybridized carbons (Fsp3) is 0.143. The fourth-order valence-electron chi connectivity index (χ4n) is 11.6. The lowest BCUT2D eigenvalue weighted by atomic mass is 9.79. The quantitative estimate of drug-likeness (QED) is 0.161. The molecule has 0 radical (unpaired) electrons. The van der Waals surface area contributed by atoms with Crippen molar-refractivity contribution in [2.24, 2.45) is 0 Å². The van der Waals surface area contributed by atoms with Gasteiger partial charge in [0.15, 0.2) is 0 Å². The van der Waals surface area contributed by atoms with Crippen LogP contribution in [0.5, 0.6) is 0 Å². The third-order valence-corrected chi connectivity index (χ3v) is 15.1. The van der Waals surface area contributed by atoms with Gasteiger partial charge in [0.05, 0.1) is 0 Å². The molecule has 0 aliphatic heterocycles. The van der Waals surface area contributed by atoms with E-state index in [-0.39, 0.29) is 16.2 Å². The van der Waals surface area contributed by atoms with Crippen molar-refractivity contribution in [3.8, 4) is 66.8 Å². The van der Waals surface area contributed by atoms with Gasteiger partial charge in [-0.3, -0.25) is 0 Å². The summed E-state index contributed by atoms with van der Waals surface area (Å²) in [6.07, 6.45) is 0. The van der Waals surface area contributed by atoms with E-state index in [2.05, 4.69) is 247 Å². The Kier molecular flexibility index (Phi) is 8.35. The Hall–Kier alpha value is -7.22. The molecule has 9 aromatic carbocycles. The molecule has 1 nitrogen and oxygen atoms in total. The highest BCUT2D eigenvalue weighted by atomic mass is 15.1. The average molecular weight is 822 g/mol. The van der Waals surface area contributed by atoms with Crippen LogP contribution in [0.15, 0.2) is 200 Å². The number of rotatable bonds is 6. The zero-order chi connectivity index (χ0) is 43.5. The Labute approximate surface area is 378 Å². The summed E-state index contributed by atoms with van der Waals surface area (Å²) in [5.74, 6) is 0. The summed E-state index contributed by atoms with van der Waals surface area (Å²) in [6.45, 7) is 14.4. The van der Waals surface area contributed by atoms with Gasteiger partial charge in [0.2, 0.25) is 0 Å². The predicted octanol–water partition coefficient (Wildman–Crippen LogP) is 17.1. The van der Waals surface area contributed by atoms with Gasteiger partial charge in [-0.15, -0.1) is 0 Å². The van der Waals surface area contributed by atoms with Crippen LogP contribution in [0, 0.1) is 0 Å². The second kappa shape index (κ2) is 13.9. The molecule has 12 rings (SSSR count). The maximum absolute atomic E-state index is 2.55. The molecule has 0 amide bonds. The summed E-state index contributed by atoms with van der Waals surface area (Å²) in [5.41, 5.74) is 27.1. The van der Waals surface area contributed by atoms with E-state index < -0.39 is 0 Å². The SMILES string of the molecule is CC1(C)c2cc(-c3cccc4c3-c3cc5c(cc3C4(C)C)-c3ccccc3C5(C)C)ccc2-c2ccc(N(c3ccc(-c4ccccc4)cc3)c3ccc(-c4ccccc4)cc3)cc21. The van der Waals surface area contributed by atoms with Crippen LogP contribution in [0.3, 0.4) is 0 Å². The van der Waals surface area contributed by atoms with Crippen LogP contribution in [0.25, 0.3) is 66.8 Å². The van der Waals surface area contributed by atoms with Crippen molar-refractivity contribution in [3.63, 3.8) is 0 Å². The molecule has 308 valence electrons. The normalized spacial score (nSPS) is 15.1. The Bertz CT molecular complexity index is 3230. The predicted molar refractivity (Wildman–Crippen MR) is 270 cm³/mol. The summed E-state index contributed by atoms with van der Waals surface area (Å²) in [4.78, 5) is 2.41. The van der Waals surface area contributed by atoms with Gasteiger partial charge in [-0.2, -0.15) is 0 Å². The number of fused-ring (bicyclic) bond motifs is 9. The average Bonchev–Trinajstić information content (AvgIpc) is 3.81. The van der Waals surface area contributed by atoms with Crippen molar-refractivity contribution >= 4 is 17.1 Å². The molecule has 0 N–H and O–H groups in total. The van der Waals surface area contributed by atoms with Gasteiger partial charge < -0.3 is 4.90 Å². The van der Waals surface area contributed by atoms with Crippen LogP contribution in [-0.2, 0) is 16.2 Å². The monoisotopic (exact) mass is 821 g/mol.